The SMILES string of the molecule is CCCNC(=O)c1c(C)cc(=O)n(CCC)c1C. The van der Waals surface area contributed by atoms with Crippen molar-refractivity contribution in [2.75, 3.05) is 6.54 Å². The monoisotopic (exact) mass is 250 g/mol. The quantitative estimate of drug-likeness (QED) is 0.869. The molecule has 1 rings (SSSR count). The van der Waals surface area contributed by atoms with Crippen LogP contribution in [0.25, 0.3) is 0 Å². The molecule has 100 valence electrons. The summed E-state index contributed by atoms with van der Waals surface area (Å²) in [5.41, 5.74) is 2.12. The molecule has 0 atom stereocenters. The fourth-order valence-electron chi connectivity index (χ4n) is 2.09. The van der Waals surface area contributed by atoms with Gasteiger partial charge in [-0.3, -0.25) is 9.59 Å². The molecular weight excluding hydrogens is 228 g/mol. The smallest absolute Gasteiger partial charge is 0.253 e. The van der Waals surface area contributed by atoms with Crippen molar-refractivity contribution >= 4 is 5.91 Å². The van der Waals surface area contributed by atoms with E-state index in [1.54, 1.807) is 10.6 Å². The summed E-state index contributed by atoms with van der Waals surface area (Å²) >= 11 is 0. The van der Waals surface area contributed by atoms with E-state index in [0.29, 0.717) is 18.7 Å². The van der Waals surface area contributed by atoms with E-state index in [2.05, 4.69) is 5.32 Å². The summed E-state index contributed by atoms with van der Waals surface area (Å²) < 4.78 is 1.67. The maximum absolute atomic E-state index is 12.1. The lowest BCUT2D eigenvalue weighted by molar-refractivity contribution is 0.0951. The van der Waals surface area contributed by atoms with Crippen LogP contribution in [0.15, 0.2) is 10.9 Å². The second-order valence-electron chi connectivity index (χ2n) is 4.53. The van der Waals surface area contributed by atoms with Crippen LogP contribution >= 0.6 is 0 Å². The Hall–Kier alpha value is -1.58. The van der Waals surface area contributed by atoms with Gasteiger partial charge in [0.1, 0.15) is 0 Å². The number of aryl methyl sites for hydroxylation is 1. The van der Waals surface area contributed by atoms with E-state index in [4.69, 9.17) is 0 Å². The maximum atomic E-state index is 12.1. The van der Waals surface area contributed by atoms with E-state index >= 15 is 0 Å². The van der Waals surface area contributed by atoms with Crippen LogP contribution in [-0.2, 0) is 6.54 Å². The van der Waals surface area contributed by atoms with Crippen LogP contribution in [0.1, 0.15) is 48.3 Å². The Labute approximate surface area is 108 Å². The molecule has 1 aromatic rings. The van der Waals surface area contributed by atoms with Crippen molar-refractivity contribution in [1.82, 2.24) is 9.88 Å². The topological polar surface area (TPSA) is 51.1 Å². The van der Waals surface area contributed by atoms with Gasteiger partial charge in [0.05, 0.1) is 5.56 Å². The lowest BCUT2D eigenvalue weighted by Crippen LogP contribution is -2.31. The summed E-state index contributed by atoms with van der Waals surface area (Å²) in [6.45, 7) is 8.99. The zero-order valence-electron chi connectivity index (χ0n) is 11.7. The third kappa shape index (κ3) is 3.00. The predicted octanol–water partition coefficient (Wildman–Crippen LogP) is 2.01. The van der Waals surface area contributed by atoms with Gasteiger partial charge in [-0.05, 0) is 32.3 Å². The fourth-order valence-corrected chi connectivity index (χ4v) is 2.09. The van der Waals surface area contributed by atoms with Crippen LogP contribution in [-0.4, -0.2) is 17.0 Å². The molecule has 0 aromatic carbocycles. The van der Waals surface area contributed by atoms with E-state index in [1.807, 2.05) is 27.7 Å². The zero-order chi connectivity index (χ0) is 13.7. The van der Waals surface area contributed by atoms with Crippen molar-refractivity contribution in [3.05, 3.63) is 33.2 Å². The lowest BCUT2D eigenvalue weighted by atomic mass is 10.1. The molecule has 0 saturated carbocycles. The molecule has 0 aliphatic carbocycles. The Balaban J connectivity index is 3.22. The van der Waals surface area contributed by atoms with Gasteiger partial charge >= 0.3 is 0 Å². The molecule has 1 N–H and O–H groups in total. The van der Waals surface area contributed by atoms with Gasteiger partial charge in [0.15, 0.2) is 0 Å². The average Bonchev–Trinajstić information content (AvgIpc) is 2.31. The van der Waals surface area contributed by atoms with Crippen molar-refractivity contribution in [3.63, 3.8) is 0 Å². The number of hydrogen-bond donors (Lipinski definition) is 1. The fraction of sp³-hybridized carbons (Fsp3) is 0.571. The predicted molar refractivity (Wildman–Crippen MR) is 73.1 cm³/mol. The van der Waals surface area contributed by atoms with Crippen molar-refractivity contribution in [2.24, 2.45) is 0 Å². The van der Waals surface area contributed by atoms with Gasteiger partial charge in [-0.25, -0.2) is 0 Å². The van der Waals surface area contributed by atoms with E-state index < -0.39 is 0 Å². The first kappa shape index (κ1) is 14.5. The summed E-state index contributed by atoms with van der Waals surface area (Å²) in [6.07, 6.45) is 1.78. The highest BCUT2D eigenvalue weighted by Gasteiger charge is 2.15. The molecule has 4 heteroatoms. The van der Waals surface area contributed by atoms with Crippen LogP contribution < -0.4 is 10.9 Å². The summed E-state index contributed by atoms with van der Waals surface area (Å²) in [7, 11) is 0. The van der Waals surface area contributed by atoms with Crippen LogP contribution in [0.5, 0.6) is 0 Å². The number of carbonyl (C=O) groups is 1. The van der Waals surface area contributed by atoms with Crippen LogP contribution in [0.2, 0.25) is 0 Å². The first-order valence-electron chi connectivity index (χ1n) is 6.52. The van der Waals surface area contributed by atoms with Gasteiger partial charge < -0.3 is 9.88 Å². The molecule has 4 nitrogen and oxygen atoms in total. The van der Waals surface area contributed by atoms with Crippen molar-refractivity contribution in [3.8, 4) is 0 Å². The maximum Gasteiger partial charge on any atom is 0.253 e. The first-order chi connectivity index (χ1) is 8.52. The van der Waals surface area contributed by atoms with Gasteiger partial charge in [0.25, 0.3) is 11.5 Å². The number of amides is 1. The van der Waals surface area contributed by atoms with Crippen molar-refractivity contribution < 1.29 is 4.79 Å². The van der Waals surface area contributed by atoms with E-state index in [-0.39, 0.29) is 11.5 Å². The molecule has 1 amide bonds. The second-order valence-corrected chi connectivity index (χ2v) is 4.53. The average molecular weight is 250 g/mol. The third-order valence-electron chi connectivity index (χ3n) is 2.98. The number of nitrogens with one attached hydrogen (secondary N) is 1. The van der Waals surface area contributed by atoms with Gasteiger partial charge in [-0.1, -0.05) is 13.8 Å². The molecule has 0 fully saturated rings. The Morgan fingerprint density at radius 1 is 1.28 bits per heavy atom. The Morgan fingerprint density at radius 2 is 1.94 bits per heavy atom. The number of rotatable bonds is 5. The zero-order valence-corrected chi connectivity index (χ0v) is 11.7. The minimum absolute atomic E-state index is 0.0288. The molecule has 0 saturated heterocycles. The highest BCUT2D eigenvalue weighted by molar-refractivity contribution is 5.96. The summed E-state index contributed by atoms with van der Waals surface area (Å²) in [6, 6.07) is 1.55. The normalized spacial score (nSPS) is 10.4. The third-order valence-corrected chi connectivity index (χ3v) is 2.98. The van der Waals surface area contributed by atoms with Gasteiger partial charge in [-0.15, -0.1) is 0 Å². The highest BCUT2D eigenvalue weighted by Crippen LogP contribution is 2.11. The van der Waals surface area contributed by atoms with Crippen molar-refractivity contribution in [1.29, 1.82) is 0 Å². The largest absolute Gasteiger partial charge is 0.352 e. The molecule has 0 spiro atoms. The molecule has 0 aliphatic heterocycles. The number of nitrogens with zero attached hydrogens (tertiary/aromatic N) is 1. The van der Waals surface area contributed by atoms with Crippen LogP contribution in [0.3, 0.4) is 0 Å². The number of aromatic nitrogens is 1. The van der Waals surface area contributed by atoms with E-state index in [9.17, 15) is 9.59 Å². The second kappa shape index (κ2) is 6.38. The van der Waals surface area contributed by atoms with Gasteiger partial charge in [0, 0.05) is 24.8 Å². The number of carbonyl (C=O) groups excluding carboxylic acids is 1. The molecule has 0 bridgehead atoms. The number of hydrogen-bond acceptors (Lipinski definition) is 2. The van der Waals surface area contributed by atoms with Crippen LogP contribution in [0, 0.1) is 13.8 Å². The summed E-state index contributed by atoms with van der Waals surface area (Å²) in [4.78, 5) is 24.0. The summed E-state index contributed by atoms with van der Waals surface area (Å²) in [5.74, 6) is -0.0864. The number of pyridine rings is 1. The van der Waals surface area contributed by atoms with Crippen molar-refractivity contribution in [2.45, 2.75) is 47.1 Å². The molecule has 18 heavy (non-hydrogen) atoms. The molecular formula is C14H22N2O2. The Morgan fingerprint density at radius 3 is 2.50 bits per heavy atom. The van der Waals surface area contributed by atoms with E-state index in [1.165, 1.54) is 0 Å². The minimum Gasteiger partial charge on any atom is -0.352 e. The van der Waals surface area contributed by atoms with Gasteiger partial charge in [-0.2, -0.15) is 0 Å². The molecule has 0 radical (unpaired) electrons. The van der Waals surface area contributed by atoms with Crippen LogP contribution in [0.4, 0.5) is 0 Å². The highest BCUT2D eigenvalue weighted by atomic mass is 16.2. The first-order valence-corrected chi connectivity index (χ1v) is 6.52. The molecule has 0 unspecified atom stereocenters. The standard InChI is InChI=1S/C14H22N2O2/c1-5-7-15-14(18)13-10(3)9-12(17)16(8-6-2)11(13)4/h9H,5-8H2,1-4H3,(H,15,18). The molecule has 1 aromatic heterocycles. The lowest BCUT2D eigenvalue weighted by Gasteiger charge is -2.15. The minimum atomic E-state index is -0.0864. The summed E-state index contributed by atoms with van der Waals surface area (Å²) in [5, 5.41) is 2.86. The molecule has 0 aliphatic rings. The Bertz CT molecular complexity index is 489. The van der Waals surface area contributed by atoms with Gasteiger partial charge in [0.2, 0.25) is 0 Å². The van der Waals surface area contributed by atoms with E-state index in [0.717, 1.165) is 24.1 Å². The molecule has 1 heterocycles. The Kier molecular flexibility index (Phi) is 5.13.